The highest BCUT2D eigenvalue weighted by Gasteiger charge is 2.33. The summed E-state index contributed by atoms with van der Waals surface area (Å²) in [6.07, 6.45) is 4.25. The van der Waals surface area contributed by atoms with Crippen LogP contribution in [0.5, 0.6) is 0 Å². The van der Waals surface area contributed by atoms with Crippen LogP contribution >= 0.6 is 0 Å². The van der Waals surface area contributed by atoms with E-state index in [0.29, 0.717) is 6.04 Å². The Morgan fingerprint density at radius 1 is 1.47 bits per heavy atom. The molecule has 2 N–H and O–H groups in total. The molecule has 0 radical (unpaired) electrons. The van der Waals surface area contributed by atoms with Gasteiger partial charge >= 0.3 is 0 Å². The molecule has 4 atom stereocenters. The van der Waals surface area contributed by atoms with E-state index in [2.05, 4.69) is 25.7 Å². The summed E-state index contributed by atoms with van der Waals surface area (Å²) in [6, 6.07) is 4.88. The van der Waals surface area contributed by atoms with Gasteiger partial charge in [0.05, 0.1) is 12.3 Å². The summed E-state index contributed by atoms with van der Waals surface area (Å²) in [5.41, 5.74) is 6.15. The van der Waals surface area contributed by atoms with Crippen LogP contribution in [0.3, 0.4) is 0 Å². The van der Waals surface area contributed by atoms with E-state index >= 15 is 0 Å². The van der Waals surface area contributed by atoms with Gasteiger partial charge in [0.1, 0.15) is 5.76 Å². The smallest absolute Gasteiger partial charge is 0.122 e. The van der Waals surface area contributed by atoms with Crippen molar-refractivity contribution in [3.05, 3.63) is 24.2 Å². The summed E-state index contributed by atoms with van der Waals surface area (Å²) < 4.78 is 5.56. The molecule has 2 heterocycles. The van der Waals surface area contributed by atoms with Gasteiger partial charge in [-0.05, 0) is 51.3 Å². The van der Waals surface area contributed by atoms with Crippen molar-refractivity contribution >= 4 is 0 Å². The van der Waals surface area contributed by atoms with Crippen molar-refractivity contribution < 1.29 is 4.42 Å². The summed E-state index contributed by atoms with van der Waals surface area (Å²) in [7, 11) is 0. The molecule has 0 aliphatic carbocycles. The van der Waals surface area contributed by atoms with Gasteiger partial charge < -0.3 is 10.2 Å². The van der Waals surface area contributed by atoms with Crippen LogP contribution in [-0.2, 0) is 0 Å². The van der Waals surface area contributed by atoms with Gasteiger partial charge in [-0.1, -0.05) is 6.92 Å². The van der Waals surface area contributed by atoms with Gasteiger partial charge in [-0.3, -0.25) is 4.90 Å². The number of rotatable bonds is 3. The highest BCUT2D eigenvalue weighted by atomic mass is 16.3. The standard InChI is InChI=1S/C14H24N2O/c1-10-6-7-16(11(2)9-10)14(12(3)15)13-5-4-8-17-13/h4-5,8,10-12,14H,6-7,9,15H2,1-3H3. The SMILES string of the molecule is CC1CCN(C(c2ccco2)C(C)N)C(C)C1. The molecule has 0 bridgehead atoms. The van der Waals surface area contributed by atoms with E-state index in [0.717, 1.165) is 18.2 Å². The van der Waals surface area contributed by atoms with Crippen LogP contribution in [0, 0.1) is 5.92 Å². The van der Waals surface area contributed by atoms with Crippen molar-refractivity contribution in [3.8, 4) is 0 Å². The molecule has 1 aromatic heterocycles. The number of furan rings is 1. The second-order valence-electron chi connectivity index (χ2n) is 5.54. The first-order valence-electron chi connectivity index (χ1n) is 6.64. The fourth-order valence-electron chi connectivity index (χ4n) is 3.02. The lowest BCUT2D eigenvalue weighted by atomic mass is 9.90. The molecule has 1 aromatic rings. The normalized spacial score (nSPS) is 30.1. The lowest BCUT2D eigenvalue weighted by Gasteiger charge is -2.42. The van der Waals surface area contributed by atoms with Crippen molar-refractivity contribution in [2.75, 3.05) is 6.54 Å². The Morgan fingerprint density at radius 2 is 2.24 bits per heavy atom. The lowest BCUT2D eigenvalue weighted by molar-refractivity contribution is 0.0599. The summed E-state index contributed by atoms with van der Waals surface area (Å²) >= 11 is 0. The minimum absolute atomic E-state index is 0.0945. The Hall–Kier alpha value is -0.800. The van der Waals surface area contributed by atoms with E-state index in [9.17, 15) is 0 Å². The quantitative estimate of drug-likeness (QED) is 0.877. The van der Waals surface area contributed by atoms with Crippen LogP contribution < -0.4 is 5.73 Å². The number of nitrogens with two attached hydrogens (primary N) is 1. The molecule has 96 valence electrons. The molecule has 1 fully saturated rings. The first-order valence-corrected chi connectivity index (χ1v) is 6.64. The second kappa shape index (κ2) is 5.23. The van der Waals surface area contributed by atoms with E-state index in [1.807, 2.05) is 12.1 Å². The van der Waals surface area contributed by atoms with Crippen molar-refractivity contribution in [1.29, 1.82) is 0 Å². The molecule has 0 aromatic carbocycles. The average Bonchev–Trinajstić information content (AvgIpc) is 2.74. The van der Waals surface area contributed by atoms with Crippen LogP contribution in [0.1, 0.15) is 45.4 Å². The molecule has 1 saturated heterocycles. The van der Waals surface area contributed by atoms with Crippen LogP contribution in [0.15, 0.2) is 22.8 Å². The Morgan fingerprint density at radius 3 is 2.76 bits per heavy atom. The molecule has 0 spiro atoms. The van der Waals surface area contributed by atoms with E-state index in [1.54, 1.807) is 6.26 Å². The molecule has 1 aliphatic heterocycles. The van der Waals surface area contributed by atoms with E-state index < -0.39 is 0 Å². The molecule has 1 aliphatic rings. The van der Waals surface area contributed by atoms with Crippen molar-refractivity contribution in [1.82, 2.24) is 4.90 Å². The average molecular weight is 236 g/mol. The number of nitrogens with zero attached hydrogens (tertiary/aromatic N) is 1. The van der Waals surface area contributed by atoms with Gasteiger partial charge in [0.25, 0.3) is 0 Å². The molecular formula is C14H24N2O. The van der Waals surface area contributed by atoms with Gasteiger partial charge in [-0.2, -0.15) is 0 Å². The van der Waals surface area contributed by atoms with Crippen molar-refractivity contribution in [3.63, 3.8) is 0 Å². The number of piperidine rings is 1. The number of likely N-dealkylation sites (tertiary alicyclic amines) is 1. The third kappa shape index (κ3) is 2.72. The zero-order valence-electron chi connectivity index (χ0n) is 11.1. The summed E-state index contributed by atoms with van der Waals surface area (Å²) in [4.78, 5) is 2.50. The molecular weight excluding hydrogens is 212 g/mol. The van der Waals surface area contributed by atoms with E-state index in [-0.39, 0.29) is 12.1 Å². The highest BCUT2D eigenvalue weighted by molar-refractivity contribution is 5.08. The molecule has 0 saturated carbocycles. The minimum Gasteiger partial charge on any atom is -0.468 e. The van der Waals surface area contributed by atoms with Gasteiger partial charge in [-0.15, -0.1) is 0 Å². The maximum Gasteiger partial charge on any atom is 0.122 e. The summed E-state index contributed by atoms with van der Waals surface area (Å²) in [5.74, 6) is 1.83. The van der Waals surface area contributed by atoms with Gasteiger partial charge in [0.15, 0.2) is 0 Å². The van der Waals surface area contributed by atoms with E-state index in [1.165, 1.54) is 12.8 Å². The fraction of sp³-hybridized carbons (Fsp3) is 0.714. The first kappa shape index (κ1) is 12.7. The minimum atomic E-state index is 0.0945. The van der Waals surface area contributed by atoms with Gasteiger partial charge in [-0.25, -0.2) is 0 Å². The third-order valence-corrected chi connectivity index (χ3v) is 3.88. The maximum absolute atomic E-state index is 6.15. The zero-order valence-corrected chi connectivity index (χ0v) is 11.1. The van der Waals surface area contributed by atoms with Crippen LogP contribution in [0.4, 0.5) is 0 Å². The van der Waals surface area contributed by atoms with E-state index in [4.69, 9.17) is 10.2 Å². The Labute approximate surface area is 104 Å². The monoisotopic (exact) mass is 236 g/mol. The van der Waals surface area contributed by atoms with Crippen molar-refractivity contribution in [2.24, 2.45) is 11.7 Å². The van der Waals surface area contributed by atoms with Gasteiger partial charge in [0.2, 0.25) is 0 Å². The predicted octanol–water partition coefficient (Wildman–Crippen LogP) is 2.79. The molecule has 3 nitrogen and oxygen atoms in total. The molecule has 0 amide bonds. The van der Waals surface area contributed by atoms with Crippen LogP contribution in [0.25, 0.3) is 0 Å². The predicted molar refractivity (Wildman–Crippen MR) is 69.7 cm³/mol. The van der Waals surface area contributed by atoms with Gasteiger partial charge in [0, 0.05) is 12.1 Å². The molecule has 17 heavy (non-hydrogen) atoms. The fourth-order valence-corrected chi connectivity index (χ4v) is 3.02. The van der Waals surface area contributed by atoms with Crippen molar-refractivity contribution in [2.45, 2.75) is 51.7 Å². The largest absolute Gasteiger partial charge is 0.468 e. The highest BCUT2D eigenvalue weighted by Crippen LogP contribution is 2.32. The summed E-state index contributed by atoms with van der Waals surface area (Å²) in [6.45, 7) is 7.82. The Kier molecular flexibility index (Phi) is 3.89. The second-order valence-corrected chi connectivity index (χ2v) is 5.54. The lowest BCUT2D eigenvalue weighted by Crippen LogP contribution is -2.47. The zero-order chi connectivity index (χ0) is 12.4. The summed E-state index contributed by atoms with van der Waals surface area (Å²) in [5, 5.41) is 0. The van der Waals surface area contributed by atoms with Crippen LogP contribution in [-0.4, -0.2) is 23.5 Å². The molecule has 3 heteroatoms. The first-order chi connectivity index (χ1) is 8.09. The maximum atomic E-state index is 6.15. The number of hydrogen-bond acceptors (Lipinski definition) is 3. The Balaban J connectivity index is 2.17. The molecule has 4 unspecified atom stereocenters. The Bertz CT molecular complexity index is 334. The number of hydrogen-bond donors (Lipinski definition) is 1. The third-order valence-electron chi connectivity index (χ3n) is 3.88. The molecule has 2 rings (SSSR count). The topological polar surface area (TPSA) is 42.4 Å². The van der Waals surface area contributed by atoms with Crippen LogP contribution in [0.2, 0.25) is 0 Å².